The average molecular weight is 446 g/mol. The molecule has 0 saturated heterocycles. The summed E-state index contributed by atoms with van der Waals surface area (Å²) in [6, 6.07) is 9.21. The molecule has 0 fully saturated rings. The Bertz CT molecular complexity index is 1140. The largest absolute Gasteiger partial charge is 0.573 e. The molecule has 2 aromatic carbocycles. The molecule has 0 bridgehead atoms. The van der Waals surface area contributed by atoms with Crippen LogP contribution in [0.3, 0.4) is 0 Å². The molecule has 3 aromatic rings. The van der Waals surface area contributed by atoms with E-state index >= 15 is 0 Å². The molecule has 1 aliphatic rings. The summed E-state index contributed by atoms with van der Waals surface area (Å²) in [6.07, 6.45) is -4.74. The van der Waals surface area contributed by atoms with Gasteiger partial charge in [0, 0.05) is 24.2 Å². The summed E-state index contributed by atoms with van der Waals surface area (Å²) in [4.78, 5) is 16.5. The number of rotatable bonds is 6. The second-order valence-corrected chi connectivity index (χ2v) is 7.92. The first kappa shape index (κ1) is 21.8. The van der Waals surface area contributed by atoms with Gasteiger partial charge >= 0.3 is 6.36 Å². The molecule has 0 spiro atoms. The number of carbonyl (C=O) groups excluding carboxylic acids is 1. The summed E-state index contributed by atoms with van der Waals surface area (Å²) >= 11 is 0. The van der Waals surface area contributed by atoms with Crippen LogP contribution in [0.4, 0.5) is 13.2 Å². The Labute approximate surface area is 182 Å². The van der Waals surface area contributed by atoms with E-state index in [1.807, 2.05) is 38.1 Å². The Hall–Kier alpha value is -3.40. The zero-order valence-electron chi connectivity index (χ0n) is 17.7. The molecule has 10 heteroatoms. The Morgan fingerprint density at radius 3 is 2.53 bits per heavy atom. The van der Waals surface area contributed by atoms with Crippen molar-refractivity contribution in [2.45, 2.75) is 32.9 Å². The highest BCUT2D eigenvalue weighted by Crippen LogP contribution is 2.32. The number of benzene rings is 2. The van der Waals surface area contributed by atoms with Gasteiger partial charge in [0.1, 0.15) is 5.75 Å². The maximum absolute atomic E-state index is 12.9. The highest BCUT2D eigenvalue weighted by molar-refractivity contribution is 6.00. The number of fused-ring (bicyclic) bond motifs is 1. The van der Waals surface area contributed by atoms with E-state index in [2.05, 4.69) is 14.9 Å². The van der Waals surface area contributed by atoms with Crippen molar-refractivity contribution in [3.05, 3.63) is 64.5 Å². The third kappa shape index (κ3) is 4.75. The Morgan fingerprint density at radius 1 is 1.16 bits per heavy atom. The molecular formula is C22H21F3N4O3. The SMILES string of the molecule is Cc1cc(-c2nnc(CN(C)C)o2)cc2c1C(=O)N(Cc1ccc(OC(F)(F)F)cc1)C2. The molecule has 32 heavy (non-hydrogen) atoms. The lowest BCUT2D eigenvalue weighted by Crippen LogP contribution is -2.23. The fraction of sp³-hybridized carbons (Fsp3) is 0.318. The van der Waals surface area contributed by atoms with Crippen LogP contribution in [0.15, 0.2) is 40.8 Å². The molecule has 0 saturated carbocycles. The summed E-state index contributed by atoms with van der Waals surface area (Å²) in [6.45, 7) is 3.02. The first-order valence-electron chi connectivity index (χ1n) is 9.84. The van der Waals surface area contributed by atoms with Gasteiger partial charge in [0.25, 0.3) is 5.91 Å². The molecular weight excluding hydrogens is 425 g/mol. The van der Waals surface area contributed by atoms with Crippen LogP contribution in [0.2, 0.25) is 0 Å². The number of nitrogens with zero attached hydrogens (tertiary/aromatic N) is 4. The lowest BCUT2D eigenvalue weighted by molar-refractivity contribution is -0.274. The minimum Gasteiger partial charge on any atom is -0.419 e. The maximum atomic E-state index is 12.9. The highest BCUT2D eigenvalue weighted by atomic mass is 19.4. The summed E-state index contributed by atoms with van der Waals surface area (Å²) in [7, 11) is 3.81. The molecule has 168 valence electrons. The smallest absolute Gasteiger partial charge is 0.419 e. The van der Waals surface area contributed by atoms with Gasteiger partial charge in [-0.15, -0.1) is 23.4 Å². The van der Waals surface area contributed by atoms with E-state index in [9.17, 15) is 18.0 Å². The van der Waals surface area contributed by atoms with E-state index in [4.69, 9.17) is 4.42 Å². The van der Waals surface area contributed by atoms with Gasteiger partial charge in [0.05, 0.1) is 6.54 Å². The quantitative estimate of drug-likeness (QED) is 0.566. The number of ether oxygens (including phenoxy) is 1. The summed E-state index contributed by atoms with van der Waals surface area (Å²) < 4.78 is 46.6. The van der Waals surface area contributed by atoms with Crippen molar-refractivity contribution in [1.82, 2.24) is 20.0 Å². The fourth-order valence-corrected chi connectivity index (χ4v) is 3.70. The van der Waals surface area contributed by atoms with Crippen LogP contribution in [0.5, 0.6) is 5.75 Å². The molecule has 1 amide bonds. The van der Waals surface area contributed by atoms with Gasteiger partial charge in [0.2, 0.25) is 11.8 Å². The van der Waals surface area contributed by atoms with E-state index < -0.39 is 6.36 Å². The molecule has 1 aliphatic heterocycles. The van der Waals surface area contributed by atoms with E-state index in [1.165, 1.54) is 24.3 Å². The second kappa shape index (κ2) is 8.27. The minimum atomic E-state index is -4.74. The first-order chi connectivity index (χ1) is 15.1. The molecule has 7 nitrogen and oxygen atoms in total. The average Bonchev–Trinajstić information content (AvgIpc) is 3.26. The Morgan fingerprint density at radius 2 is 1.88 bits per heavy atom. The molecule has 0 aliphatic carbocycles. The number of halogens is 3. The zero-order chi connectivity index (χ0) is 23.0. The van der Waals surface area contributed by atoms with Gasteiger partial charge in [0.15, 0.2) is 0 Å². The van der Waals surface area contributed by atoms with Crippen LogP contribution >= 0.6 is 0 Å². The van der Waals surface area contributed by atoms with Crippen molar-refractivity contribution in [2.24, 2.45) is 0 Å². The standard InChI is InChI=1S/C22H21F3N4O3/c1-13-8-15(20-27-26-18(31-20)12-28(2)3)9-16-11-29(21(30)19(13)16)10-14-4-6-17(7-5-14)32-22(23,24)25/h4-9H,10-12H2,1-3H3. The van der Waals surface area contributed by atoms with Crippen LogP contribution in [-0.4, -0.2) is 46.4 Å². The van der Waals surface area contributed by atoms with E-state index in [0.717, 1.165) is 16.7 Å². The topological polar surface area (TPSA) is 71.7 Å². The molecule has 4 rings (SSSR count). The van der Waals surface area contributed by atoms with Crippen molar-refractivity contribution < 1.29 is 27.1 Å². The normalized spacial score (nSPS) is 13.7. The van der Waals surface area contributed by atoms with Crippen molar-refractivity contribution >= 4 is 5.91 Å². The highest BCUT2D eigenvalue weighted by Gasteiger charge is 2.32. The zero-order valence-corrected chi connectivity index (χ0v) is 17.7. The number of hydrogen-bond acceptors (Lipinski definition) is 6. The number of alkyl halides is 3. The van der Waals surface area contributed by atoms with Gasteiger partial charge in [-0.1, -0.05) is 12.1 Å². The number of amides is 1. The van der Waals surface area contributed by atoms with Crippen LogP contribution in [-0.2, 0) is 19.6 Å². The third-order valence-corrected chi connectivity index (χ3v) is 4.98. The van der Waals surface area contributed by atoms with Crippen molar-refractivity contribution in [2.75, 3.05) is 14.1 Å². The van der Waals surface area contributed by atoms with E-state index in [1.54, 1.807) is 4.90 Å². The van der Waals surface area contributed by atoms with Crippen molar-refractivity contribution in [3.8, 4) is 17.2 Å². The number of aryl methyl sites for hydroxylation is 1. The lowest BCUT2D eigenvalue weighted by atomic mass is 10.0. The first-order valence-corrected chi connectivity index (χ1v) is 9.84. The second-order valence-electron chi connectivity index (χ2n) is 7.92. The lowest BCUT2D eigenvalue weighted by Gasteiger charge is -2.16. The predicted molar refractivity (Wildman–Crippen MR) is 109 cm³/mol. The Balaban J connectivity index is 1.51. The van der Waals surface area contributed by atoms with E-state index in [0.29, 0.717) is 36.0 Å². The molecule has 0 atom stereocenters. The maximum Gasteiger partial charge on any atom is 0.573 e. The summed E-state index contributed by atoms with van der Waals surface area (Å²) in [5.41, 5.74) is 3.70. The minimum absolute atomic E-state index is 0.126. The number of carbonyl (C=O) groups is 1. The van der Waals surface area contributed by atoms with Crippen molar-refractivity contribution in [1.29, 1.82) is 0 Å². The summed E-state index contributed by atoms with van der Waals surface area (Å²) in [5.74, 6) is 0.460. The molecule has 2 heterocycles. The monoisotopic (exact) mass is 446 g/mol. The Kier molecular flexibility index (Phi) is 5.64. The number of aromatic nitrogens is 2. The van der Waals surface area contributed by atoms with Gasteiger partial charge in [-0.25, -0.2) is 0 Å². The predicted octanol–water partition coefficient (Wildman–Crippen LogP) is 4.16. The van der Waals surface area contributed by atoms with E-state index in [-0.39, 0.29) is 18.2 Å². The molecule has 0 radical (unpaired) electrons. The van der Waals surface area contributed by atoms with Crippen LogP contribution in [0.25, 0.3) is 11.5 Å². The summed E-state index contributed by atoms with van der Waals surface area (Å²) in [5, 5.41) is 8.17. The van der Waals surface area contributed by atoms with Gasteiger partial charge < -0.3 is 19.0 Å². The van der Waals surface area contributed by atoms with Gasteiger partial charge in [-0.2, -0.15) is 0 Å². The molecule has 0 N–H and O–H groups in total. The van der Waals surface area contributed by atoms with Crippen LogP contribution in [0.1, 0.15) is 32.9 Å². The van der Waals surface area contributed by atoms with Crippen LogP contribution in [0, 0.1) is 6.92 Å². The van der Waals surface area contributed by atoms with Gasteiger partial charge in [-0.05, 0) is 62.0 Å². The van der Waals surface area contributed by atoms with Gasteiger partial charge in [-0.3, -0.25) is 4.79 Å². The molecule has 1 aromatic heterocycles. The fourth-order valence-electron chi connectivity index (χ4n) is 3.70. The number of hydrogen-bond donors (Lipinski definition) is 0. The van der Waals surface area contributed by atoms with Crippen LogP contribution < -0.4 is 4.74 Å². The third-order valence-electron chi connectivity index (χ3n) is 4.98. The molecule has 0 unspecified atom stereocenters. The van der Waals surface area contributed by atoms with Crippen molar-refractivity contribution in [3.63, 3.8) is 0 Å².